The molecule has 0 aromatic rings. The van der Waals surface area contributed by atoms with Gasteiger partial charge in [0, 0.05) is 5.41 Å². The van der Waals surface area contributed by atoms with Gasteiger partial charge in [-0.3, -0.25) is 4.79 Å². The molecule has 0 aromatic heterocycles. The van der Waals surface area contributed by atoms with Gasteiger partial charge in [0.15, 0.2) is 0 Å². The van der Waals surface area contributed by atoms with Gasteiger partial charge < -0.3 is 14.2 Å². The predicted octanol–water partition coefficient (Wildman–Crippen LogP) is 2.70. The molecule has 5 heteroatoms. The molecule has 0 amide bonds. The fraction of sp³-hybridized carbons (Fsp3) is 0.733. The maximum Gasteiger partial charge on any atom is 0.372 e. The average Bonchev–Trinajstić information content (AvgIpc) is 2.43. The molecular formula is C15H26O5. The molecule has 0 bridgehead atoms. The zero-order chi connectivity index (χ0) is 15.8. The smallest absolute Gasteiger partial charge is 0.372 e. The summed E-state index contributed by atoms with van der Waals surface area (Å²) in [7, 11) is 4.06. The number of hydrogen-bond donors (Lipinski definition) is 0. The Bertz CT molecular complexity index is 357. The van der Waals surface area contributed by atoms with E-state index >= 15 is 0 Å². The first-order valence-electron chi connectivity index (χ1n) is 6.77. The topological polar surface area (TPSA) is 61.8 Å². The Hall–Kier alpha value is -1.52. The van der Waals surface area contributed by atoms with Crippen LogP contribution in [0.3, 0.4) is 0 Å². The zero-order valence-electron chi connectivity index (χ0n) is 13.3. The Morgan fingerprint density at radius 3 is 2.10 bits per heavy atom. The van der Waals surface area contributed by atoms with E-state index in [1.54, 1.807) is 6.08 Å². The third-order valence-electron chi connectivity index (χ3n) is 3.34. The van der Waals surface area contributed by atoms with E-state index in [0.29, 0.717) is 6.42 Å². The molecule has 0 N–H and O–H groups in total. The minimum atomic E-state index is -0.568. The van der Waals surface area contributed by atoms with Crippen molar-refractivity contribution < 1.29 is 23.8 Å². The molecular weight excluding hydrogens is 260 g/mol. The average molecular weight is 286 g/mol. The van der Waals surface area contributed by atoms with Gasteiger partial charge in [-0.2, -0.15) is 0 Å². The summed E-state index contributed by atoms with van der Waals surface area (Å²) in [6.07, 6.45) is 4.24. The van der Waals surface area contributed by atoms with Crippen LogP contribution in [-0.2, 0) is 23.8 Å². The van der Waals surface area contributed by atoms with Gasteiger partial charge in [0.25, 0.3) is 0 Å². The lowest BCUT2D eigenvalue weighted by Gasteiger charge is -2.30. The second-order valence-electron chi connectivity index (χ2n) is 5.24. The summed E-state index contributed by atoms with van der Waals surface area (Å²) < 4.78 is 14.6. The van der Waals surface area contributed by atoms with E-state index in [9.17, 15) is 9.59 Å². The minimum absolute atomic E-state index is 0.0999. The standard InChI is InChI=1S/C15H26O5/c1-7-8-9-11(13(16)19-5)15(2,3)10-12(18-4)14(17)20-6/h10-11H,7-9H2,1-6H3/b12-10-. The normalized spacial score (nSPS) is 13.6. The lowest BCUT2D eigenvalue weighted by atomic mass is 9.75. The highest BCUT2D eigenvalue weighted by Crippen LogP contribution is 2.34. The van der Waals surface area contributed by atoms with E-state index in [-0.39, 0.29) is 17.6 Å². The van der Waals surface area contributed by atoms with E-state index in [1.165, 1.54) is 21.3 Å². The molecule has 20 heavy (non-hydrogen) atoms. The van der Waals surface area contributed by atoms with E-state index in [2.05, 4.69) is 11.7 Å². The van der Waals surface area contributed by atoms with Crippen LogP contribution in [0.25, 0.3) is 0 Å². The summed E-state index contributed by atoms with van der Waals surface area (Å²) in [4.78, 5) is 23.5. The Morgan fingerprint density at radius 2 is 1.70 bits per heavy atom. The first kappa shape index (κ1) is 18.5. The van der Waals surface area contributed by atoms with Crippen molar-refractivity contribution in [2.24, 2.45) is 11.3 Å². The maximum atomic E-state index is 12.0. The molecule has 0 radical (unpaired) electrons. The van der Waals surface area contributed by atoms with E-state index in [0.717, 1.165) is 12.8 Å². The van der Waals surface area contributed by atoms with Crippen LogP contribution >= 0.6 is 0 Å². The minimum Gasteiger partial charge on any atom is -0.490 e. The van der Waals surface area contributed by atoms with Crippen molar-refractivity contribution in [3.8, 4) is 0 Å². The molecule has 0 saturated heterocycles. The maximum absolute atomic E-state index is 12.0. The molecule has 1 unspecified atom stereocenters. The molecule has 0 aliphatic carbocycles. The van der Waals surface area contributed by atoms with Gasteiger partial charge >= 0.3 is 11.9 Å². The van der Waals surface area contributed by atoms with Crippen molar-refractivity contribution in [2.75, 3.05) is 21.3 Å². The number of rotatable bonds is 8. The molecule has 0 saturated carbocycles. The zero-order valence-corrected chi connectivity index (χ0v) is 13.3. The fourth-order valence-corrected chi connectivity index (χ4v) is 2.08. The van der Waals surface area contributed by atoms with Gasteiger partial charge in [0.2, 0.25) is 5.76 Å². The largest absolute Gasteiger partial charge is 0.490 e. The first-order chi connectivity index (χ1) is 9.33. The van der Waals surface area contributed by atoms with Crippen molar-refractivity contribution >= 4 is 11.9 Å². The van der Waals surface area contributed by atoms with Crippen LogP contribution in [0.2, 0.25) is 0 Å². The van der Waals surface area contributed by atoms with Crippen LogP contribution in [0.5, 0.6) is 0 Å². The van der Waals surface area contributed by atoms with Crippen molar-refractivity contribution in [2.45, 2.75) is 40.0 Å². The SMILES string of the molecule is CCCCC(C(=O)OC)C(C)(C)/C=C(\OC)C(=O)OC. The molecule has 0 spiro atoms. The summed E-state index contributed by atoms with van der Waals surface area (Å²) in [5, 5.41) is 0. The molecule has 0 fully saturated rings. The van der Waals surface area contributed by atoms with Crippen LogP contribution in [0.15, 0.2) is 11.8 Å². The number of unbranched alkanes of at least 4 members (excludes halogenated alkanes) is 1. The number of hydrogen-bond acceptors (Lipinski definition) is 5. The quantitative estimate of drug-likeness (QED) is 0.390. The molecule has 1 atom stereocenters. The van der Waals surface area contributed by atoms with Crippen molar-refractivity contribution in [1.29, 1.82) is 0 Å². The van der Waals surface area contributed by atoms with Gasteiger partial charge in [0.05, 0.1) is 27.2 Å². The molecule has 0 rings (SSSR count). The molecule has 0 aromatic carbocycles. The Labute approximate surface area is 121 Å². The summed E-state index contributed by atoms with van der Waals surface area (Å²) in [5.74, 6) is -1.06. The Morgan fingerprint density at radius 1 is 1.10 bits per heavy atom. The number of methoxy groups -OCH3 is 3. The number of ether oxygens (including phenoxy) is 3. The van der Waals surface area contributed by atoms with Crippen LogP contribution in [0.4, 0.5) is 0 Å². The van der Waals surface area contributed by atoms with Crippen LogP contribution in [0.1, 0.15) is 40.0 Å². The number of carbonyl (C=O) groups is 2. The highest BCUT2D eigenvalue weighted by atomic mass is 16.6. The number of carbonyl (C=O) groups excluding carboxylic acids is 2. The number of allylic oxidation sites excluding steroid dienone is 1. The van der Waals surface area contributed by atoms with Gasteiger partial charge in [-0.25, -0.2) is 4.79 Å². The van der Waals surface area contributed by atoms with Gasteiger partial charge in [-0.1, -0.05) is 33.6 Å². The van der Waals surface area contributed by atoms with Gasteiger partial charge in [0.1, 0.15) is 0 Å². The third-order valence-corrected chi connectivity index (χ3v) is 3.34. The first-order valence-corrected chi connectivity index (χ1v) is 6.77. The summed E-state index contributed by atoms with van der Waals surface area (Å²) in [6.45, 7) is 5.82. The van der Waals surface area contributed by atoms with Crippen LogP contribution < -0.4 is 0 Å². The lowest BCUT2D eigenvalue weighted by Crippen LogP contribution is -2.31. The van der Waals surface area contributed by atoms with E-state index in [1.807, 2.05) is 13.8 Å². The van der Waals surface area contributed by atoms with Crippen LogP contribution in [0, 0.1) is 11.3 Å². The molecule has 0 aliphatic rings. The summed E-state index contributed by atoms with van der Waals surface area (Å²) in [6, 6.07) is 0. The van der Waals surface area contributed by atoms with E-state index in [4.69, 9.17) is 9.47 Å². The highest BCUT2D eigenvalue weighted by Gasteiger charge is 2.35. The second-order valence-corrected chi connectivity index (χ2v) is 5.24. The Balaban J connectivity index is 5.32. The molecule has 116 valence electrons. The number of esters is 2. The summed E-state index contributed by atoms with van der Waals surface area (Å²) in [5.41, 5.74) is -0.568. The van der Waals surface area contributed by atoms with Crippen molar-refractivity contribution in [1.82, 2.24) is 0 Å². The Kier molecular flexibility index (Phi) is 7.96. The highest BCUT2D eigenvalue weighted by molar-refractivity contribution is 5.86. The second kappa shape index (κ2) is 8.61. The monoisotopic (exact) mass is 286 g/mol. The summed E-state index contributed by atoms with van der Waals surface area (Å²) >= 11 is 0. The van der Waals surface area contributed by atoms with Crippen molar-refractivity contribution in [3.05, 3.63) is 11.8 Å². The molecule has 0 aliphatic heterocycles. The lowest BCUT2D eigenvalue weighted by molar-refractivity contribution is -0.149. The van der Waals surface area contributed by atoms with Crippen molar-refractivity contribution in [3.63, 3.8) is 0 Å². The fourth-order valence-electron chi connectivity index (χ4n) is 2.08. The van der Waals surface area contributed by atoms with Gasteiger partial charge in [-0.15, -0.1) is 0 Å². The molecule has 5 nitrogen and oxygen atoms in total. The molecule has 0 heterocycles. The van der Waals surface area contributed by atoms with Gasteiger partial charge in [-0.05, 0) is 12.5 Å². The predicted molar refractivity (Wildman–Crippen MR) is 75.9 cm³/mol. The third kappa shape index (κ3) is 5.23. The van der Waals surface area contributed by atoms with E-state index < -0.39 is 11.4 Å². The van der Waals surface area contributed by atoms with Crippen LogP contribution in [-0.4, -0.2) is 33.3 Å².